The molecule has 0 radical (unpaired) electrons. The monoisotopic (exact) mass is 226 g/mol. The van der Waals surface area contributed by atoms with Crippen molar-refractivity contribution in [3.8, 4) is 0 Å². The van der Waals surface area contributed by atoms with E-state index in [4.69, 9.17) is 5.73 Å². The SMILES string of the molecule is CCC(CC)C(NC(C)=O)[C@H]1CCC[C@H]1N. The molecular formula is C13H26N2O. The van der Waals surface area contributed by atoms with Crippen LogP contribution in [0.3, 0.4) is 0 Å². The number of nitrogens with one attached hydrogen (secondary N) is 1. The Bertz CT molecular complexity index is 226. The first-order valence-electron chi connectivity index (χ1n) is 6.62. The highest BCUT2D eigenvalue weighted by Crippen LogP contribution is 2.32. The number of amides is 1. The molecule has 94 valence electrons. The predicted molar refractivity (Wildman–Crippen MR) is 67.0 cm³/mol. The zero-order chi connectivity index (χ0) is 12.1. The molecule has 1 rings (SSSR count). The molecule has 3 N–H and O–H groups in total. The lowest BCUT2D eigenvalue weighted by Crippen LogP contribution is -2.48. The van der Waals surface area contributed by atoms with Gasteiger partial charge in [-0.3, -0.25) is 4.79 Å². The van der Waals surface area contributed by atoms with Crippen molar-refractivity contribution in [3.05, 3.63) is 0 Å². The van der Waals surface area contributed by atoms with Crippen LogP contribution in [0.25, 0.3) is 0 Å². The lowest BCUT2D eigenvalue weighted by molar-refractivity contribution is -0.120. The molecule has 0 aliphatic heterocycles. The van der Waals surface area contributed by atoms with Crippen molar-refractivity contribution in [2.45, 2.75) is 65.0 Å². The summed E-state index contributed by atoms with van der Waals surface area (Å²) < 4.78 is 0. The number of carbonyl (C=O) groups excluding carboxylic acids is 1. The van der Waals surface area contributed by atoms with E-state index in [1.807, 2.05) is 0 Å². The molecule has 3 heteroatoms. The maximum atomic E-state index is 11.3. The summed E-state index contributed by atoms with van der Waals surface area (Å²) in [6, 6.07) is 0.558. The van der Waals surface area contributed by atoms with E-state index < -0.39 is 0 Å². The molecule has 1 aliphatic carbocycles. The molecular weight excluding hydrogens is 200 g/mol. The Labute approximate surface area is 99.2 Å². The molecule has 0 aromatic carbocycles. The van der Waals surface area contributed by atoms with Crippen molar-refractivity contribution < 1.29 is 4.79 Å². The zero-order valence-corrected chi connectivity index (χ0v) is 10.8. The molecule has 0 saturated heterocycles. The Hall–Kier alpha value is -0.570. The van der Waals surface area contributed by atoms with Gasteiger partial charge < -0.3 is 11.1 Å². The molecule has 0 heterocycles. The summed E-state index contributed by atoms with van der Waals surface area (Å²) in [6.07, 6.45) is 5.72. The summed E-state index contributed by atoms with van der Waals surface area (Å²) in [5.74, 6) is 1.13. The molecule has 1 amide bonds. The van der Waals surface area contributed by atoms with Gasteiger partial charge in [-0.25, -0.2) is 0 Å². The Balaban J connectivity index is 2.72. The van der Waals surface area contributed by atoms with Crippen molar-refractivity contribution in [3.63, 3.8) is 0 Å². The topological polar surface area (TPSA) is 55.1 Å². The molecule has 16 heavy (non-hydrogen) atoms. The Morgan fingerprint density at radius 3 is 2.38 bits per heavy atom. The largest absolute Gasteiger partial charge is 0.353 e. The third-order valence-electron chi connectivity index (χ3n) is 4.01. The van der Waals surface area contributed by atoms with Crippen molar-refractivity contribution in [2.75, 3.05) is 0 Å². The van der Waals surface area contributed by atoms with E-state index in [-0.39, 0.29) is 18.0 Å². The lowest BCUT2D eigenvalue weighted by atomic mass is 9.82. The molecule has 0 aromatic rings. The molecule has 1 fully saturated rings. The summed E-state index contributed by atoms with van der Waals surface area (Å²) in [5.41, 5.74) is 6.15. The van der Waals surface area contributed by atoms with Crippen LogP contribution in [0.5, 0.6) is 0 Å². The molecule has 3 atom stereocenters. The molecule has 1 aliphatic rings. The van der Waals surface area contributed by atoms with Gasteiger partial charge in [0.25, 0.3) is 0 Å². The van der Waals surface area contributed by atoms with E-state index >= 15 is 0 Å². The Morgan fingerprint density at radius 2 is 2.00 bits per heavy atom. The second-order valence-electron chi connectivity index (χ2n) is 5.06. The van der Waals surface area contributed by atoms with Gasteiger partial charge in [-0.15, -0.1) is 0 Å². The highest BCUT2D eigenvalue weighted by Gasteiger charge is 2.35. The quantitative estimate of drug-likeness (QED) is 0.754. The zero-order valence-electron chi connectivity index (χ0n) is 10.8. The second kappa shape index (κ2) is 6.24. The van der Waals surface area contributed by atoms with Crippen LogP contribution in [-0.2, 0) is 4.79 Å². The van der Waals surface area contributed by atoms with Gasteiger partial charge >= 0.3 is 0 Å². The van der Waals surface area contributed by atoms with Crippen LogP contribution in [0, 0.1) is 11.8 Å². The minimum absolute atomic E-state index is 0.0796. The highest BCUT2D eigenvalue weighted by atomic mass is 16.1. The van der Waals surface area contributed by atoms with E-state index in [0.29, 0.717) is 11.8 Å². The van der Waals surface area contributed by atoms with E-state index in [1.165, 1.54) is 12.8 Å². The highest BCUT2D eigenvalue weighted by molar-refractivity contribution is 5.73. The van der Waals surface area contributed by atoms with Crippen molar-refractivity contribution in [2.24, 2.45) is 17.6 Å². The normalized spacial score (nSPS) is 27.1. The number of rotatable bonds is 5. The lowest BCUT2D eigenvalue weighted by Gasteiger charge is -2.33. The number of hydrogen-bond donors (Lipinski definition) is 2. The Kier molecular flexibility index (Phi) is 5.26. The molecule has 0 bridgehead atoms. The number of nitrogens with two attached hydrogens (primary N) is 1. The average molecular weight is 226 g/mol. The van der Waals surface area contributed by atoms with Gasteiger partial charge in [0.1, 0.15) is 0 Å². The maximum Gasteiger partial charge on any atom is 0.217 e. The fourth-order valence-corrected chi connectivity index (χ4v) is 3.07. The third-order valence-corrected chi connectivity index (χ3v) is 4.01. The van der Waals surface area contributed by atoms with Gasteiger partial charge in [0.15, 0.2) is 0 Å². The third kappa shape index (κ3) is 3.21. The van der Waals surface area contributed by atoms with E-state index in [0.717, 1.165) is 19.3 Å². The van der Waals surface area contributed by atoms with Crippen LogP contribution < -0.4 is 11.1 Å². The summed E-state index contributed by atoms with van der Waals surface area (Å²) in [6.45, 7) is 6.00. The van der Waals surface area contributed by atoms with E-state index in [9.17, 15) is 4.79 Å². The number of carbonyl (C=O) groups is 1. The van der Waals surface area contributed by atoms with Crippen LogP contribution in [0.4, 0.5) is 0 Å². The smallest absolute Gasteiger partial charge is 0.217 e. The first-order valence-corrected chi connectivity index (χ1v) is 6.62. The standard InChI is InChI=1S/C13H26N2O/c1-4-10(5-2)13(15-9(3)16)11-7-6-8-12(11)14/h10-13H,4-8,14H2,1-3H3,(H,15,16)/t11-,12+,13?/m0/s1. The minimum Gasteiger partial charge on any atom is -0.353 e. The fourth-order valence-electron chi connectivity index (χ4n) is 3.07. The van der Waals surface area contributed by atoms with Crippen LogP contribution in [0.1, 0.15) is 52.9 Å². The van der Waals surface area contributed by atoms with Gasteiger partial charge in [0, 0.05) is 19.0 Å². The van der Waals surface area contributed by atoms with Gasteiger partial charge in [-0.2, -0.15) is 0 Å². The number of hydrogen-bond acceptors (Lipinski definition) is 2. The molecule has 3 nitrogen and oxygen atoms in total. The van der Waals surface area contributed by atoms with Crippen molar-refractivity contribution in [1.82, 2.24) is 5.32 Å². The summed E-state index contributed by atoms with van der Waals surface area (Å²) in [4.78, 5) is 11.3. The van der Waals surface area contributed by atoms with Gasteiger partial charge in [-0.05, 0) is 24.7 Å². The maximum absolute atomic E-state index is 11.3. The minimum atomic E-state index is 0.0796. The molecule has 1 saturated carbocycles. The second-order valence-corrected chi connectivity index (χ2v) is 5.06. The predicted octanol–water partition coefficient (Wildman–Crippen LogP) is 2.05. The van der Waals surface area contributed by atoms with Gasteiger partial charge in [-0.1, -0.05) is 33.1 Å². The summed E-state index contributed by atoms with van der Waals surface area (Å²) >= 11 is 0. The summed E-state index contributed by atoms with van der Waals surface area (Å²) in [5, 5.41) is 3.14. The van der Waals surface area contributed by atoms with Crippen molar-refractivity contribution in [1.29, 1.82) is 0 Å². The summed E-state index contributed by atoms with van der Waals surface area (Å²) in [7, 11) is 0. The molecule has 1 unspecified atom stereocenters. The Morgan fingerprint density at radius 1 is 1.38 bits per heavy atom. The van der Waals surface area contributed by atoms with Gasteiger partial charge in [0.2, 0.25) is 5.91 Å². The van der Waals surface area contributed by atoms with Crippen LogP contribution in [0.2, 0.25) is 0 Å². The molecule has 0 spiro atoms. The van der Waals surface area contributed by atoms with E-state index in [1.54, 1.807) is 6.92 Å². The molecule has 0 aromatic heterocycles. The fraction of sp³-hybridized carbons (Fsp3) is 0.923. The average Bonchev–Trinajstić information content (AvgIpc) is 2.64. The first-order chi connectivity index (χ1) is 7.60. The van der Waals surface area contributed by atoms with Crippen molar-refractivity contribution >= 4 is 5.91 Å². The van der Waals surface area contributed by atoms with Gasteiger partial charge in [0.05, 0.1) is 0 Å². The van der Waals surface area contributed by atoms with Crippen LogP contribution in [-0.4, -0.2) is 18.0 Å². The van der Waals surface area contributed by atoms with E-state index in [2.05, 4.69) is 19.2 Å². The van der Waals surface area contributed by atoms with Crippen LogP contribution >= 0.6 is 0 Å². The van der Waals surface area contributed by atoms with Crippen LogP contribution in [0.15, 0.2) is 0 Å². The first kappa shape index (κ1) is 13.5.